The van der Waals surface area contributed by atoms with Gasteiger partial charge in [-0.2, -0.15) is 0 Å². The van der Waals surface area contributed by atoms with E-state index in [2.05, 4.69) is 0 Å². The number of methoxy groups -OCH3 is 1. The molecule has 0 aliphatic carbocycles. The molecule has 2 atom stereocenters. The molecule has 0 spiro atoms. The summed E-state index contributed by atoms with van der Waals surface area (Å²) in [5.74, 6) is 0.805. The molecule has 1 heterocycles. The maximum Gasteiger partial charge on any atom is 0.127 e. The van der Waals surface area contributed by atoms with Crippen molar-refractivity contribution in [2.24, 2.45) is 0 Å². The molecule has 3 rings (SSSR count). The molecule has 1 unspecified atom stereocenters. The smallest absolute Gasteiger partial charge is 0.127 e. The van der Waals surface area contributed by atoms with E-state index in [-0.39, 0.29) is 0 Å². The van der Waals surface area contributed by atoms with Gasteiger partial charge >= 0.3 is 0 Å². The highest BCUT2D eigenvalue weighted by Gasteiger charge is 2.29. The molecule has 2 aromatic rings. The van der Waals surface area contributed by atoms with Crippen LogP contribution in [0, 0.1) is 5.82 Å². The SMILES string of the molecule is COc1ccc2c(c1)[C@@H](O)CC(c1cc(F)cc(Cl)c1)O2. The van der Waals surface area contributed by atoms with E-state index in [0.29, 0.717) is 34.1 Å². The van der Waals surface area contributed by atoms with Crippen molar-refractivity contribution < 1.29 is 19.0 Å². The number of benzene rings is 2. The Hall–Kier alpha value is -1.78. The van der Waals surface area contributed by atoms with Gasteiger partial charge in [-0.3, -0.25) is 0 Å². The molecule has 0 aromatic heterocycles. The lowest BCUT2D eigenvalue weighted by atomic mass is 9.95. The first-order valence-electron chi connectivity index (χ1n) is 6.55. The van der Waals surface area contributed by atoms with E-state index >= 15 is 0 Å². The molecule has 5 heteroatoms. The maximum absolute atomic E-state index is 13.5. The quantitative estimate of drug-likeness (QED) is 0.910. The van der Waals surface area contributed by atoms with Gasteiger partial charge in [-0.25, -0.2) is 4.39 Å². The van der Waals surface area contributed by atoms with Crippen LogP contribution in [0.5, 0.6) is 11.5 Å². The van der Waals surface area contributed by atoms with Crippen LogP contribution in [0.4, 0.5) is 4.39 Å². The molecule has 0 fully saturated rings. The van der Waals surface area contributed by atoms with Crippen molar-refractivity contribution in [3.63, 3.8) is 0 Å². The summed E-state index contributed by atoms with van der Waals surface area (Å²) in [6.45, 7) is 0. The van der Waals surface area contributed by atoms with Crippen molar-refractivity contribution in [2.75, 3.05) is 7.11 Å². The normalized spacial score (nSPS) is 20.6. The van der Waals surface area contributed by atoms with E-state index in [1.54, 1.807) is 31.4 Å². The van der Waals surface area contributed by atoms with Gasteiger partial charge in [-0.15, -0.1) is 0 Å². The summed E-state index contributed by atoms with van der Waals surface area (Å²) in [5, 5.41) is 10.6. The third-order valence-corrected chi connectivity index (χ3v) is 3.76. The van der Waals surface area contributed by atoms with E-state index in [1.165, 1.54) is 12.1 Å². The van der Waals surface area contributed by atoms with Crippen LogP contribution < -0.4 is 9.47 Å². The molecular weight excluding hydrogens is 295 g/mol. The molecule has 1 aliphatic rings. The average molecular weight is 309 g/mol. The van der Waals surface area contributed by atoms with Crippen LogP contribution in [0.25, 0.3) is 0 Å². The zero-order valence-electron chi connectivity index (χ0n) is 11.3. The van der Waals surface area contributed by atoms with Crippen molar-refractivity contribution in [3.8, 4) is 11.5 Å². The van der Waals surface area contributed by atoms with Crippen molar-refractivity contribution in [1.29, 1.82) is 0 Å². The lowest BCUT2D eigenvalue weighted by molar-refractivity contribution is 0.0653. The van der Waals surface area contributed by atoms with Crippen LogP contribution in [-0.2, 0) is 0 Å². The van der Waals surface area contributed by atoms with Crippen molar-refractivity contribution in [1.82, 2.24) is 0 Å². The standard InChI is InChI=1S/C16H14ClFO3/c1-20-12-2-3-15-13(7-12)14(19)8-16(21-15)9-4-10(17)6-11(18)5-9/h2-7,14,16,19H,8H2,1H3/t14-,16?/m0/s1. The fourth-order valence-electron chi connectivity index (χ4n) is 2.52. The summed E-state index contributed by atoms with van der Waals surface area (Å²) in [5.41, 5.74) is 1.29. The summed E-state index contributed by atoms with van der Waals surface area (Å²) in [6.07, 6.45) is -0.801. The Bertz CT molecular complexity index is 654. The van der Waals surface area contributed by atoms with Crippen LogP contribution in [-0.4, -0.2) is 12.2 Å². The number of rotatable bonds is 2. The molecular formula is C16H14ClFO3. The minimum absolute atomic E-state index is 0.309. The zero-order chi connectivity index (χ0) is 15.0. The topological polar surface area (TPSA) is 38.7 Å². The predicted octanol–water partition coefficient (Wildman–Crippen LogP) is 4.04. The number of fused-ring (bicyclic) bond motifs is 1. The molecule has 2 aromatic carbocycles. The summed E-state index contributed by atoms with van der Waals surface area (Å²) >= 11 is 5.87. The molecule has 21 heavy (non-hydrogen) atoms. The number of ether oxygens (including phenoxy) is 2. The molecule has 0 radical (unpaired) electrons. The summed E-state index contributed by atoms with van der Waals surface area (Å²) < 4.78 is 24.5. The minimum atomic E-state index is -0.698. The lowest BCUT2D eigenvalue weighted by Gasteiger charge is -2.30. The van der Waals surface area contributed by atoms with Crippen LogP contribution in [0.1, 0.15) is 29.8 Å². The molecule has 1 aliphatic heterocycles. The highest BCUT2D eigenvalue weighted by Crippen LogP contribution is 2.42. The Kier molecular flexibility index (Phi) is 3.74. The van der Waals surface area contributed by atoms with Gasteiger partial charge in [0.15, 0.2) is 0 Å². The first kappa shape index (κ1) is 14.2. The Balaban J connectivity index is 1.94. The van der Waals surface area contributed by atoms with Gasteiger partial charge in [0.2, 0.25) is 0 Å². The monoisotopic (exact) mass is 308 g/mol. The summed E-state index contributed by atoms with van der Waals surface area (Å²) in [7, 11) is 1.56. The first-order valence-corrected chi connectivity index (χ1v) is 6.93. The number of aliphatic hydroxyl groups is 1. The molecule has 3 nitrogen and oxygen atoms in total. The van der Waals surface area contributed by atoms with Crippen LogP contribution in [0.15, 0.2) is 36.4 Å². The van der Waals surface area contributed by atoms with Gasteiger partial charge in [0, 0.05) is 17.0 Å². The van der Waals surface area contributed by atoms with E-state index in [9.17, 15) is 9.50 Å². The van der Waals surface area contributed by atoms with Crippen LogP contribution >= 0.6 is 11.6 Å². The van der Waals surface area contributed by atoms with Gasteiger partial charge in [0.25, 0.3) is 0 Å². The van der Waals surface area contributed by atoms with E-state index in [4.69, 9.17) is 21.1 Å². The Morgan fingerprint density at radius 1 is 1.29 bits per heavy atom. The molecule has 0 bridgehead atoms. The van der Waals surface area contributed by atoms with Gasteiger partial charge in [0.1, 0.15) is 23.4 Å². The predicted molar refractivity (Wildman–Crippen MR) is 77.3 cm³/mol. The van der Waals surface area contributed by atoms with Crippen LogP contribution in [0.2, 0.25) is 5.02 Å². The second-order valence-electron chi connectivity index (χ2n) is 4.96. The Labute approximate surface area is 126 Å². The molecule has 0 amide bonds. The molecule has 0 saturated heterocycles. The maximum atomic E-state index is 13.5. The van der Waals surface area contributed by atoms with Gasteiger partial charge in [-0.05, 0) is 42.0 Å². The highest BCUT2D eigenvalue weighted by molar-refractivity contribution is 6.30. The van der Waals surface area contributed by atoms with Crippen molar-refractivity contribution in [3.05, 3.63) is 58.4 Å². The summed E-state index contributed by atoms with van der Waals surface area (Å²) in [4.78, 5) is 0. The fourth-order valence-corrected chi connectivity index (χ4v) is 2.75. The third-order valence-electron chi connectivity index (χ3n) is 3.54. The molecule has 110 valence electrons. The van der Waals surface area contributed by atoms with Crippen molar-refractivity contribution >= 4 is 11.6 Å². The minimum Gasteiger partial charge on any atom is -0.497 e. The van der Waals surface area contributed by atoms with Gasteiger partial charge in [0.05, 0.1) is 13.2 Å². The number of halogens is 2. The van der Waals surface area contributed by atoms with E-state index < -0.39 is 18.0 Å². The Morgan fingerprint density at radius 3 is 2.81 bits per heavy atom. The first-order chi connectivity index (χ1) is 10.1. The lowest BCUT2D eigenvalue weighted by Crippen LogP contribution is -2.19. The fraction of sp³-hybridized carbons (Fsp3) is 0.250. The second kappa shape index (κ2) is 5.54. The second-order valence-corrected chi connectivity index (χ2v) is 5.40. The highest BCUT2D eigenvalue weighted by atomic mass is 35.5. The van der Waals surface area contributed by atoms with E-state index in [1.807, 2.05) is 0 Å². The van der Waals surface area contributed by atoms with Crippen molar-refractivity contribution in [2.45, 2.75) is 18.6 Å². The largest absolute Gasteiger partial charge is 0.497 e. The number of aliphatic hydroxyl groups excluding tert-OH is 1. The van der Waals surface area contributed by atoms with E-state index in [0.717, 1.165) is 0 Å². The average Bonchev–Trinajstić information content (AvgIpc) is 2.46. The van der Waals surface area contributed by atoms with Gasteiger partial charge < -0.3 is 14.6 Å². The molecule has 0 saturated carbocycles. The molecule has 1 N–H and O–H groups in total. The zero-order valence-corrected chi connectivity index (χ0v) is 12.1. The third kappa shape index (κ3) is 2.82. The number of hydrogen-bond acceptors (Lipinski definition) is 3. The Morgan fingerprint density at radius 2 is 2.10 bits per heavy atom. The summed E-state index contributed by atoms with van der Waals surface area (Å²) in [6, 6.07) is 9.50. The number of hydrogen-bond donors (Lipinski definition) is 1. The van der Waals surface area contributed by atoms with Gasteiger partial charge in [-0.1, -0.05) is 11.6 Å². The van der Waals surface area contributed by atoms with Crippen LogP contribution in [0.3, 0.4) is 0 Å².